The topological polar surface area (TPSA) is 79.3 Å². The van der Waals surface area contributed by atoms with Crippen LogP contribution >= 0.6 is 11.6 Å². The molecule has 0 atom stereocenters. The third kappa shape index (κ3) is 3.98. The first-order chi connectivity index (χ1) is 14.4. The van der Waals surface area contributed by atoms with E-state index in [1.165, 1.54) is 0 Å². The standard InChI is InChI=1S/C22H24ClN5O2/c1-14-16(23)6-5-8-17(14)26-22(30)24-15-10-12-28(13-11-15)20-21(29)27(2)19-9-4-3-7-18(19)25-20/h3-9,15H,10-13H2,1-2H3,(H2,24,26,30). The van der Waals surface area contributed by atoms with Gasteiger partial charge in [-0.1, -0.05) is 29.8 Å². The smallest absolute Gasteiger partial charge is 0.319 e. The van der Waals surface area contributed by atoms with Gasteiger partial charge in [-0.3, -0.25) is 4.79 Å². The summed E-state index contributed by atoms with van der Waals surface area (Å²) in [7, 11) is 1.77. The lowest BCUT2D eigenvalue weighted by Gasteiger charge is -2.33. The molecule has 1 saturated heterocycles. The molecule has 2 amide bonds. The van der Waals surface area contributed by atoms with Gasteiger partial charge in [0.2, 0.25) is 0 Å². The highest BCUT2D eigenvalue weighted by molar-refractivity contribution is 6.31. The predicted molar refractivity (Wildman–Crippen MR) is 121 cm³/mol. The van der Waals surface area contributed by atoms with E-state index >= 15 is 0 Å². The van der Waals surface area contributed by atoms with Gasteiger partial charge in [0.15, 0.2) is 5.82 Å². The number of rotatable bonds is 3. The van der Waals surface area contributed by atoms with Crippen LogP contribution in [-0.2, 0) is 7.05 Å². The van der Waals surface area contributed by atoms with Crippen molar-refractivity contribution in [1.29, 1.82) is 0 Å². The Balaban J connectivity index is 1.40. The molecule has 156 valence electrons. The molecule has 0 unspecified atom stereocenters. The molecule has 4 rings (SSSR count). The Morgan fingerprint density at radius 3 is 2.63 bits per heavy atom. The average Bonchev–Trinajstić information content (AvgIpc) is 2.75. The van der Waals surface area contributed by atoms with Crippen LogP contribution in [0.15, 0.2) is 47.3 Å². The summed E-state index contributed by atoms with van der Waals surface area (Å²) >= 11 is 6.11. The van der Waals surface area contributed by atoms with E-state index in [-0.39, 0.29) is 17.6 Å². The third-order valence-corrected chi connectivity index (χ3v) is 6.02. The highest BCUT2D eigenvalue weighted by Gasteiger charge is 2.24. The number of hydrogen-bond donors (Lipinski definition) is 2. The first kappa shape index (κ1) is 20.2. The molecule has 0 bridgehead atoms. The van der Waals surface area contributed by atoms with Gasteiger partial charge in [-0.25, -0.2) is 9.78 Å². The fourth-order valence-corrected chi connectivity index (χ4v) is 3.97. The van der Waals surface area contributed by atoms with Crippen molar-refractivity contribution in [2.45, 2.75) is 25.8 Å². The minimum absolute atomic E-state index is 0.0325. The maximum atomic E-state index is 12.8. The number of carbonyl (C=O) groups is 1. The fourth-order valence-electron chi connectivity index (χ4n) is 3.79. The van der Waals surface area contributed by atoms with E-state index in [9.17, 15) is 9.59 Å². The van der Waals surface area contributed by atoms with Gasteiger partial charge in [-0.05, 0) is 49.6 Å². The quantitative estimate of drug-likeness (QED) is 0.670. The molecule has 7 nitrogen and oxygen atoms in total. The van der Waals surface area contributed by atoms with Crippen LogP contribution < -0.4 is 21.1 Å². The van der Waals surface area contributed by atoms with Crippen molar-refractivity contribution in [2.75, 3.05) is 23.3 Å². The molecule has 0 aliphatic carbocycles. The van der Waals surface area contributed by atoms with Crippen molar-refractivity contribution in [2.24, 2.45) is 7.05 Å². The number of fused-ring (bicyclic) bond motifs is 1. The lowest BCUT2D eigenvalue weighted by Crippen LogP contribution is -2.47. The summed E-state index contributed by atoms with van der Waals surface area (Å²) < 4.78 is 1.64. The van der Waals surface area contributed by atoms with E-state index in [1.807, 2.05) is 42.2 Å². The molecule has 0 saturated carbocycles. The molecular weight excluding hydrogens is 402 g/mol. The zero-order chi connectivity index (χ0) is 21.3. The number of piperidine rings is 1. The first-order valence-corrected chi connectivity index (χ1v) is 10.3. The van der Waals surface area contributed by atoms with E-state index in [0.717, 1.165) is 29.4 Å². The van der Waals surface area contributed by atoms with Crippen LogP contribution in [0.5, 0.6) is 0 Å². The maximum absolute atomic E-state index is 12.8. The molecule has 0 spiro atoms. The Morgan fingerprint density at radius 1 is 1.13 bits per heavy atom. The van der Waals surface area contributed by atoms with E-state index in [0.29, 0.717) is 29.6 Å². The van der Waals surface area contributed by atoms with Crippen molar-refractivity contribution in [1.82, 2.24) is 14.9 Å². The molecule has 2 N–H and O–H groups in total. The number of hydrogen-bond acceptors (Lipinski definition) is 4. The molecule has 30 heavy (non-hydrogen) atoms. The molecule has 1 fully saturated rings. The van der Waals surface area contributed by atoms with Crippen LogP contribution in [0.3, 0.4) is 0 Å². The summed E-state index contributed by atoms with van der Waals surface area (Å²) in [5, 5.41) is 6.50. The van der Waals surface area contributed by atoms with Crippen molar-refractivity contribution >= 4 is 40.2 Å². The van der Waals surface area contributed by atoms with Crippen molar-refractivity contribution in [3.63, 3.8) is 0 Å². The number of halogens is 1. The van der Waals surface area contributed by atoms with Gasteiger partial charge in [-0.2, -0.15) is 0 Å². The van der Waals surface area contributed by atoms with Crippen LogP contribution in [0.2, 0.25) is 5.02 Å². The Labute approximate surface area is 179 Å². The summed E-state index contributed by atoms with van der Waals surface area (Å²) in [5.74, 6) is 0.466. The van der Waals surface area contributed by atoms with Crippen LogP contribution in [-0.4, -0.2) is 34.7 Å². The highest BCUT2D eigenvalue weighted by Crippen LogP contribution is 2.23. The van der Waals surface area contributed by atoms with Crippen molar-refractivity contribution in [3.05, 3.63) is 63.4 Å². The number of nitrogens with one attached hydrogen (secondary N) is 2. The Morgan fingerprint density at radius 2 is 1.87 bits per heavy atom. The van der Waals surface area contributed by atoms with E-state index < -0.39 is 0 Å². The van der Waals surface area contributed by atoms with Gasteiger partial charge in [0.05, 0.1) is 11.0 Å². The number of carbonyl (C=O) groups excluding carboxylic acids is 1. The zero-order valence-corrected chi connectivity index (χ0v) is 17.7. The van der Waals surface area contributed by atoms with Crippen LogP contribution in [0.4, 0.5) is 16.3 Å². The molecule has 1 aliphatic heterocycles. The third-order valence-electron chi connectivity index (χ3n) is 5.61. The number of para-hydroxylation sites is 2. The lowest BCUT2D eigenvalue weighted by atomic mass is 10.1. The molecule has 2 aromatic carbocycles. The molecule has 0 radical (unpaired) electrons. The number of urea groups is 1. The largest absolute Gasteiger partial charge is 0.352 e. The monoisotopic (exact) mass is 425 g/mol. The van der Waals surface area contributed by atoms with Gasteiger partial charge in [0.25, 0.3) is 5.56 Å². The highest BCUT2D eigenvalue weighted by atomic mass is 35.5. The summed E-state index contributed by atoms with van der Waals surface area (Å²) in [6.45, 7) is 3.18. The predicted octanol–water partition coefficient (Wildman–Crippen LogP) is 3.69. The second-order valence-corrected chi connectivity index (χ2v) is 7.97. The van der Waals surface area contributed by atoms with Crippen LogP contribution in [0.25, 0.3) is 11.0 Å². The molecule has 2 heterocycles. The number of anilines is 2. The summed E-state index contributed by atoms with van der Waals surface area (Å²) in [6.07, 6.45) is 1.47. The van der Waals surface area contributed by atoms with E-state index in [4.69, 9.17) is 11.6 Å². The zero-order valence-electron chi connectivity index (χ0n) is 17.0. The van der Waals surface area contributed by atoms with Gasteiger partial charge >= 0.3 is 6.03 Å². The molecule has 1 aliphatic rings. The van der Waals surface area contributed by atoms with Gasteiger partial charge in [-0.15, -0.1) is 0 Å². The lowest BCUT2D eigenvalue weighted by molar-refractivity contribution is 0.246. The first-order valence-electron chi connectivity index (χ1n) is 9.97. The van der Waals surface area contributed by atoms with Gasteiger partial charge in [0.1, 0.15) is 0 Å². The fraction of sp³-hybridized carbons (Fsp3) is 0.318. The molecule has 3 aromatic rings. The van der Waals surface area contributed by atoms with Crippen LogP contribution in [0, 0.1) is 6.92 Å². The Hall–Kier alpha value is -3.06. The average molecular weight is 426 g/mol. The van der Waals surface area contributed by atoms with Crippen molar-refractivity contribution in [3.8, 4) is 0 Å². The molecule has 8 heteroatoms. The second kappa shape index (κ2) is 8.36. The minimum Gasteiger partial charge on any atom is -0.352 e. The van der Waals surface area contributed by atoms with E-state index in [1.54, 1.807) is 23.7 Å². The maximum Gasteiger partial charge on any atom is 0.319 e. The summed E-state index contributed by atoms with van der Waals surface area (Å²) in [4.78, 5) is 31.8. The Kier molecular flexibility index (Phi) is 5.63. The van der Waals surface area contributed by atoms with Gasteiger partial charge < -0.3 is 20.1 Å². The number of nitrogens with zero attached hydrogens (tertiary/aromatic N) is 3. The molecule has 1 aromatic heterocycles. The second-order valence-electron chi connectivity index (χ2n) is 7.56. The summed E-state index contributed by atoms with van der Waals surface area (Å²) in [5.41, 5.74) is 3.04. The number of benzene rings is 2. The van der Waals surface area contributed by atoms with Gasteiger partial charge in [0, 0.05) is 36.9 Å². The molecular formula is C22H24ClN5O2. The SMILES string of the molecule is Cc1c(Cl)cccc1NC(=O)NC1CCN(c2nc3ccccc3n(C)c2=O)CC1. The number of aromatic nitrogens is 2. The Bertz CT molecular complexity index is 1150. The number of aryl methyl sites for hydroxylation is 1. The summed E-state index contributed by atoms with van der Waals surface area (Å²) in [6, 6.07) is 12.8. The van der Waals surface area contributed by atoms with Crippen LogP contribution in [0.1, 0.15) is 18.4 Å². The van der Waals surface area contributed by atoms with Crippen molar-refractivity contribution < 1.29 is 4.79 Å². The van der Waals surface area contributed by atoms with E-state index in [2.05, 4.69) is 15.6 Å². The number of amides is 2. The minimum atomic E-state index is -0.251. The normalized spacial score (nSPS) is 14.7.